The Morgan fingerprint density at radius 1 is 0.919 bits per heavy atom. The lowest BCUT2D eigenvalue weighted by Crippen LogP contribution is -2.52. The Bertz CT molecular complexity index is 1080. The molecule has 1 aliphatic heterocycles. The van der Waals surface area contributed by atoms with Gasteiger partial charge in [0.25, 0.3) is 17.6 Å². The highest BCUT2D eigenvalue weighted by Crippen LogP contribution is 2.33. The second kappa shape index (κ2) is 17.5. The van der Waals surface area contributed by atoms with Crippen LogP contribution in [0.2, 0.25) is 0 Å². The van der Waals surface area contributed by atoms with Crippen LogP contribution in [-0.4, -0.2) is 77.8 Å². The molecule has 1 saturated heterocycles. The van der Waals surface area contributed by atoms with Crippen molar-refractivity contribution in [1.29, 1.82) is 0 Å². The lowest BCUT2D eigenvalue weighted by atomic mass is 10.1. The zero-order valence-electron chi connectivity index (χ0n) is 23.5. The zero-order valence-corrected chi connectivity index (χ0v) is 23.5. The van der Waals surface area contributed by atoms with Gasteiger partial charge in [-0.25, -0.2) is 4.98 Å². The number of Topliss-reactive ketones (excluding diaryl/α,β-unsaturated/α-hetero) is 1. The molecule has 3 heterocycles. The molecule has 37 heavy (non-hydrogen) atoms. The quantitative estimate of drug-likeness (QED) is 0.246. The third kappa shape index (κ3) is 7.80. The average molecular weight is 515 g/mol. The number of hydrogen-bond acceptors (Lipinski definition) is 6. The van der Waals surface area contributed by atoms with E-state index in [4.69, 9.17) is 9.47 Å². The van der Waals surface area contributed by atoms with Crippen LogP contribution in [0.4, 0.5) is 0 Å². The molecule has 0 spiro atoms. The molecule has 0 aromatic carbocycles. The lowest BCUT2D eigenvalue weighted by molar-refractivity contribution is -0.134. The SMILES string of the molecule is C=C/C=C(\C=C)C(=O)N1CCN(C(=O)C(=O)c2c[nH]c3c(OC)ncc(OC)c23)CC1.CC.CC.CC. The third-order valence-corrected chi connectivity index (χ3v) is 5.11. The van der Waals surface area contributed by atoms with Crippen LogP contribution in [0.15, 0.2) is 49.4 Å². The fraction of sp³-hybridized carbons (Fsp3) is 0.429. The normalized spacial score (nSPS) is 12.5. The Morgan fingerprint density at radius 3 is 1.92 bits per heavy atom. The summed E-state index contributed by atoms with van der Waals surface area (Å²) < 4.78 is 10.5. The minimum absolute atomic E-state index is 0.180. The van der Waals surface area contributed by atoms with Crippen molar-refractivity contribution in [3.8, 4) is 11.6 Å². The van der Waals surface area contributed by atoms with Crippen molar-refractivity contribution >= 4 is 28.5 Å². The number of hydrogen-bond donors (Lipinski definition) is 1. The number of piperazine rings is 1. The van der Waals surface area contributed by atoms with Gasteiger partial charge in [0.15, 0.2) is 0 Å². The molecule has 1 fully saturated rings. The second-order valence-electron chi connectivity index (χ2n) is 6.76. The number of pyridine rings is 1. The fourth-order valence-corrected chi connectivity index (χ4v) is 3.49. The summed E-state index contributed by atoms with van der Waals surface area (Å²) in [5, 5.41) is 0.437. The van der Waals surface area contributed by atoms with Crippen LogP contribution in [0.1, 0.15) is 51.9 Å². The van der Waals surface area contributed by atoms with Crippen molar-refractivity contribution in [1.82, 2.24) is 19.8 Å². The van der Waals surface area contributed by atoms with Crippen molar-refractivity contribution in [2.75, 3.05) is 40.4 Å². The maximum Gasteiger partial charge on any atom is 0.295 e. The smallest absolute Gasteiger partial charge is 0.295 e. The number of amides is 2. The maximum atomic E-state index is 13.0. The molecular weight excluding hydrogens is 472 g/mol. The highest BCUT2D eigenvalue weighted by Gasteiger charge is 2.31. The molecule has 2 aromatic rings. The molecule has 0 aliphatic carbocycles. The minimum Gasteiger partial charge on any atom is -0.494 e. The number of ketones is 1. The Hall–Kier alpha value is -3.88. The summed E-state index contributed by atoms with van der Waals surface area (Å²) in [6.45, 7) is 20.4. The molecule has 9 heteroatoms. The molecule has 0 radical (unpaired) electrons. The summed E-state index contributed by atoms with van der Waals surface area (Å²) in [6, 6.07) is 0. The molecule has 3 rings (SSSR count). The Morgan fingerprint density at radius 2 is 1.46 bits per heavy atom. The number of nitrogens with zero attached hydrogens (tertiary/aromatic N) is 3. The maximum absolute atomic E-state index is 13.0. The summed E-state index contributed by atoms with van der Waals surface area (Å²) in [6.07, 6.45) is 7.47. The van der Waals surface area contributed by atoms with E-state index in [1.807, 2.05) is 41.5 Å². The van der Waals surface area contributed by atoms with Gasteiger partial charge in [-0.3, -0.25) is 14.4 Å². The number of ether oxygens (including phenoxy) is 2. The molecule has 0 atom stereocenters. The standard InChI is InChI=1S/C22H24N4O5.3C2H6/c1-5-7-14(6-2)21(28)25-8-10-26(11-9-25)22(29)19(27)15-12-23-18-17(15)16(30-3)13-24-20(18)31-4;3*1-2/h5-7,12-13,23H,1-2,8-11H2,3-4H3;3*1-2H3/b14-7+;;;. The van der Waals surface area contributed by atoms with Gasteiger partial charge in [0.1, 0.15) is 11.3 Å². The number of fused-ring (bicyclic) bond motifs is 1. The number of aromatic amines is 1. The molecule has 0 unspecified atom stereocenters. The van der Waals surface area contributed by atoms with Gasteiger partial charge in [0.05, 0.1) is 31.4 Å². The van der Waals surface area contributed by atoms with Gasteiger partial charge in [-0.15, -0.1) is 0 Å². The topological polar surface area (TPSA) is 105 Å². The first-order valence-corrected chi connectivity index (χ1v) is 12.6. The van der Waals surface area contributed by atoms with E-state index in [1.165, 1.54) is 43.7 Å². The van der Waals surface area contributed by atoms with Crippen LogP contribution in [0.25, 0.3) is 10.9 Å². The van der Waals surface area contributed by atoms with E-state index >= 15 is 0 Å². The predicted molar refractivity (Wildman–Crippen MR) is 149 cm³/mol. The third-order valence-electron chi connectivity index (χ3n) is 5.11. The van der Waals surface area contributed by atoms with Gasteiger partial charge < -0.3 is 24.3 Å². The molecular formula is C28H42N4O5. The summed E-state index contributed by atoms with van der Waals surface area (Å²) >= 11 is 0. The first kappa shape index (κ1) is 33.1. The molecule has 9 nitrogen and oxygen atoms in total. The molecule has 0 bridgehead atoms. The Balaban J connectivity index is 0.00000201. The number of allylic oxidation sites excluding steroid dienone is 2. The number of carbonyl (C=O) groups is 3. The molecule has 1 N–H and O–H groups in total. The molecule has 0 saturated carbocycles. The van der Waals surface area contributed by atoms with Crippen molar-refractivity contribution in [3.63, 3.8) is 0 Å². The van der Waals surface area contributed by atoms with Crippen LogP contribution in [0.5, 0.6) is 11.6 Å². The van der Waals surface area contributed by atoms with Gasteiger partial charge in [0.2, 0.25) is 5.88 Å². The number of carbonyl (C=O) groups excluding carboxylic acids is 3. The van der Waals surface area contributed by atoms with E-state index in [-0.39, 0.29) is 24.6 Å². The van der Waals surface area contributed by atoms with Crippen molar-refractivity contribution in [2.45, 2.75) is 41.5 Å². The van der Waals surface area contributed by atoms with Crippen molar-refractivity contribution in [2.24, 2.45) is 0 Å². The average Bonchev–Trinajstić information content (AvgIpc) is 3.43. The van der Waals surface area contributed by atoms with Crippen molar-refractivity contribution < 1.29 is 23.9 Å². The van der Waals surface area contributed by atoms with Crippen LogP contribution >= 0.6 is 0 Å². The largest absolute Gasteiger partial charge is 0.494 e. The van der Waals surface area contributed by atoms with E-state index in [0.717, 1.165) is 0 Å². The highest BCUT2D eigenvalue weighted by atomic mass is 16.5. The Labute approximate surface area is 220 Å². The number of nitrogens with one attached hydrogen (secondary N) is 1. The first-order valence-electron chi connectivity index (χ1n) is 12.6. The van der Waals surface area contributed by atoms with Crippen LogP contribution in [0, 0.1) is 0 Å². The lowest BCUT2D eigenvalue weighted by Gasteiger charge is -2.34. The van der Waals surface area contributed by atoms with Crippen molar-refractivity contribution in [3.05, 3.63) is 54.9 Å². The summed E-state index contributed by atoms with van der Waals surface area (Å²) in [7, 11) is 2.92. The van der Waals surface area contributed by atoms with E-state index < -0.39 is 11.7 Å². The summed E-state index contributed by atoms with van der Waals surface area (Å²) in [5.74, 6) is -0.851. The van der Waals surface area contributed by atoms with Crippen LogP contribution in [0.3, 0.4) is 0 Å². The van der Waals surface area contributed by atoms with E-state index in [1.54, 1.807) is 11.0 Å². The fourth-order valence-electron chi connectivity index (χ4n) is 3.49. The molecule has 2 aromatic heterocycles. The zero-order chi connectivity index (χ0) is 28.5. The molecule has 1 aliphatic rings. The number of rotatable bonds is 7. The van der Waals surface area contributed by atoms with E-state index in [9.17, 15) is 14.4 Å². The van der Waals surface area contributed by atoms with Gasteiger partial charge in [-0.05, 0) is 0 Å². The number of H-pyrrole nitrogens is 1. The number of aromatic nitrogens is 2. The highest BCUT2D eigenvalue weighted by molar-refractivity contribution is 6.45. The van der Waals surface area contributed by atoms with Gasteiger partial charge >= 0.3 is 0 Å². The monoisotopic (exact) mass is 514 g/mol. The van der Waals surface area contributed by atoms with Gasteiger partial charge in [-0.1, -0.05) is 72.9 Å². The summed E-state index contributed by atoms with van der Waals surface area (Å²) in [5.41, 5.74) is 1.08. The first-order chi connectivity index (χ1) is 18.0. The van der Waals surface area contributed by atoms with E-state index in [2.05, 4.69) is 23.1 Å². The van der Waals surface area contributed by atoms with Gasteiger partial charge in [0, 0.05) is 37.9 Å². The Kier molecular flexibility index (Phi) is 15.7. The van der Waals surface area contributed by atoms with E-state index in [0.29, 0.717) is 41.2 Å². The minimum atomic E-state index is -0.670. The van der Waals surface area contributed by atoms with Gasteiger partial charge in [-0.2, -0.15) is 0 Å². The molecule has 2 amide bonds. The number of methoxy groups -OCH3 is 2. The second-order valence-corrected chi connectivity index (χ2v) is 6.76. The molecule has 204 valence electrons. The van der Waals surface area contributed by atoms with Crippen LogP contribution in [-0.2, 0) is 9.59 Å². The summed E-state index contributed by atoms with van der Waals surface area (Å²) in [4.78, 5) is 48.5. The van der Waals surface area contributed by atoms with Crippen LogP contribution < -0.4 is 9.47 Å². The predicted octanol–water partition coefficient (Wildman–Crippen LogP) is 4.81.